The number of hydrogen-bond donors (Lipinski definition) is 2. The van der Waals surface area contributed by atoms with Crippen LogP contribution in [0, 0.1) is 0 Å². The van der Waals surface area contributed by atoms with E-state index in [0.29, 0.717) is 24.5 Å². The van der Waals surface area contributed by atoms with E-state index in [1.807, 2.05) is 43.3 Å². The summed E-state index contributed by atoms with van der Waals surface area (Å²) in [5, 5.41) is 11.0. The number of benzene rings is 1. The predicted molar refractivity (Wildman–Crippen MR) is 141 cm³/mol. The first-order valence-corrected chi connectivity index (χ1v) is 12.0. The van der Waals surface area contributed by atoms with E-state index in [1.54, 1.807) is 50.1 Å². The summed E-state index contributed by atoms with van der Waals surface area (Å²) in [4.78, 5) is 41.8. The highest BCUT2D eigenvalue weighted by molar-refractivity contribution is 5.97. The molecule has 3 heterocycles. The van der Waals surface area contributed by atoms with Crippen LogP contribution in [0.3, 0.4) is 0 Å². The number of pyridine rings is 1. The molecule has 0 saturated heterocycles. The van der Waals surface area contributed by atoms with Gasteiger partial charge in [-0.2, -0.15) is 5.10 Å². The monoisotopic (exact) mass is 502 g/mol. The maximum absolute atomic E-state index is 13.5. The smallest absolute Gasteiger partial charge is 0.408 e. The Morgan fingerprint density at radius 2 is 1.86 bits per heavy atom. The fraction of sp³-hybridized carbons (Fsp3) is 0.296. The minimum Gasteiger partial charge on any atom is -0.444 e. The first-order chi connectivity index (χ1) is 17.7. The Morgan fingerprint density at radius 1 is 1.14 bits per heavy atom. The van der Waals surface area contributed by atoms with Crippen molar-refractivity contribution in [2.45, 2.75) is 52.3 Å². The van der Waals surface area contributed by atoms with Gasteiger partial charge < -0.3 is 15.4 Å². The Balaban J connectivity index is 1.64. The van der Waals surface area contributed by atoms with Gasteiger partial charge in [-0.1, -0.05) is 18.2 Å². The molecule has 0 bridgehead atoms. The topological polar surface area (TPSA) is 120 Å². The molecule has 3 aromatic heterocycles. The van der Waals surface area contributed by atoms with Crippen molar-refractivity contribution < 1.29 is 19.1 Å². The largest absolute Gasteiger partial charge is 0.444 e. The quantitative estimate of drug-likeness (QED) is 0.351. The van der Waals surface area contributed by atoms with Gasteiger partial charge in [0.25, 0.3) is 0 Å². The predicted octanol–water partition coefficient (Wildman–Crippen LogP) is 4.03. The molecule has 2 amide bonds. The number of hydrogen-bond acceptors (Lipinski definition) is 6. The number of amides is 2. The minimum atomic E-state index is -0.981. The molecule has 0 radical (unpaired) electrons. The van der Waals surface area contributed by atoms with Crippen LogP contribution in [0.25, 0.3) is 22.2 Å². The van der Waals surface area contributed by atoms with Gasteiger partial charge in [-0.25, -0.2) is 9.48 Å². The number of anilines is 1. The van der Waals surface area contributed by atoms with Crippen molar-refractivity contribution in [1.29, 1.82) is 0 Å². The average Bonchev–Trinajstić information content (AvgIpc) is 3.44. The molecule has 1 atom stereocenters. The van der Waals surface area contributed by atoms with Crippen molar-refractivity contribution in [3.8, 4) is 11.3 Å². The van der Waals surface area contributed by atoms with Crippen molar-refractivity contribution in [3.63, 3.8) is 0 Å². The molecular formula is C27H30N6O4. The van der Waals surface area contributed by atoms with Crippen LogP contribution in [0.4, 0.5) is 10.6 Å². The summed E-state index contributed by atoms with van der Waals surface area (Å²) in [5.41, 5.74) is 2.27. The van der Waals surface area contributed by atoms with Gasteiger partial charge in [0.2, 0.25) is 12.3 Å². The fourth-order valence-corrected chi connectivity index (χ4v) is 4.04. The minimum absolute atomic E-state index is 0.143. The third kappa shape index (κ3) is 6.03. The van der Waals surface area contributed by atoms with Gasteiger partial charge in [0.15, 0.2) is 0 Å². The fourth-order valence-electron chi connectivity index (χ4n) is 4.04. The van der Waals surface area contributed by atoms with E-state index < -0.39 is 23.6 Å². The van der Waals surface area contributed by atoms with Crippen LogP contribution in [0.5, 0.6) is 0 Å². The molecule has 0 fully saturated rings. The Morgan fingerprint density at radius 3 is 2.54 bits per heavy atom. The van der Waals surface area contributed by atoms with Crippen LogP contribution in [0.15, 0.2) is 61.1 Å². The van der Waals surface area contributed by atoms with Gasteiger partial charge >= 0.3 is 6.09 Å². The molecule has 1 unspecified atom stereocenters. The number of para-hydroxylation sites is 1. The third-order valence-electron chi connectivity index (χ3n) is 5.68. The van der Waals surface area contributed by atoms with E-state index in [4.69, 9.17) is 4.74 Å². The maximum atomic E-state index is 13.5. The average molecular weight is 503 g/mol. The maximum Gasteiger partial charge on any atom is 0.408 e. The number of nitrogens with zero attached hydrogens (tertiary/aromatic N) is 4. The number of aryl methyl sites for hydroxylation is 1. The molecule has 4 aromatic rings. The number of alkyl carbamates (subject to hydrolysis) is 1. The summed E-state index contributed by atoms with van der Waals surface area (Å²) >= 11 is 0. The zero-order valence-electron chi connectivity index (χ0n) is 21.3. The molecule has 37 heavy (non-hydrogen) atoms. The van der Waals surface area contributed by atoms with Gasteiger partial charge in [-0.05, 0) is 51.5 Å². The highest BCUT2D eigenvalue weighted by Gasteiger charge is 2.27. The van der Waals surface area contributed by atoms with Crippen LogP contribution in [-0.4, -0.2) is 49.4 Å². The SMILES string of the molecule is CCn1nc(-c2ccncc2)cc1NC(=O)C(Cc1cn(C=O)c2ccccc12)NC(=O)OC(C)(C)C. The molecule has 0 aliphatic heterocycles. The molecule has 10 nitrogen and oxygen atoms in total. The third-order valence-corrected chi connectivity index (χ3v) is 5.68. The lowest BCUT2D eigenvalue weighted by atomic mass is 10.0. The molecule has 2 N–H and O–H groups in total. The summed E-state index contributed by atoms with van der Waals surface area (Å²) in [6.45, 7) is 7.70. The number of nitrogens with one attached hydrogen (secondary N) is 2. The number of fused-ring (bicyclic) bond motifs is 1. The van der Waals surface area contributed by atoms with Crippen LogP contribution in [0.2, 0.25) is 0 Å². The van der Waals surface area contributed by atoms with E-state index >= 15 is 0 Å². The lowest BCUT2D eigenvalue weighted by molar-refractivity contribution is -0.118. The van der Waals surface area contributed by atoms with Crippen molar-refractivity contribution in [2.24, 2.45) is 0 Å². The number of ether oxygens (including phenoxy) is 1. The molecule has 4 rings (SSSR count). The summed E-state index contributed by atoms with van der Waals surface area (Å²) in [5.74, 6) is 0.0512. The lowest BCUT2D eigenvalue weighted by Crippen LogP contribution is -2.47. The summed E-state index contributed by atoms with van der Waals surface area (Å²) < 4.78 is 8.55. The Kier molecular flexibility index (Phi) is 7.37. The highest BCUT2D eigenvalue weighted by Crippen LogP contribution is 2.24. The molecular weight excluding hydrogens is 472 g/mol. The van der Waals surface area contributed by atoms with E-state index in [1.165, 1.54) is 4.57 Å². The molecule has 1 aromatic carbocycles. The molecule has 10 heteroatoms. The first-order valence-electron chi connectivity index (χ1n) is 12.0. The highest BCUT2D eigenvalue weighted by atomic mass is 16.6. The second kappa shape index (κ2) is 10.7. The van der Waals surface area contributed by atoms with Crippen molar-refractivity contribution in [2.75, 3.05) is 5.32 Å². The first kappa shape index (κ1) is 25.6. The number of carbonyl (C=O) groups is 3. The molecule has 192 valence electrons. The van der Waals surface area contributed by atoms with E-state index in [-0.39, 0.29) is 6.42 Å². The van der Waals surface area contributed by atoms with Crippen LogP contribution in [-0.2, 0) is 27.3 Å². The van der Waals surface area contributed by atoms with Crippen LogP contribution < -0.4 is 10.6 Å². The lowest BCUT2D eigenvalue weighted by Gasteiger charge is -2.23. The van der Waals surface area contributed by atoms with Gasteiger partial charge in [-0.3, -0.25) is 19.1 Å². The van der Waals surface area contributed by atoms with Gasteiger partial charge in [0.05, 0.1) is 11.2 Å². The standard InChI is InChI=1S/C27H30N6O4/c1-5-33-24(15-21(31-33)18-10-12-28-13-11-18)30-25(35)22(29-26(36)37-27(2,3)4)14-19-16-32(17-34)23-9-7-6-8-20(19)23/h6-13,15-17,22H,5,14H2,1-4H3,(H,29,36)(H,30,35). The Hall–Kier alpha value is -4.47. The number of carbonyl (C=O) groups excluding carboxylic acids is 3. The zero-order chi connectivity index (χ0) is 26.6. The van der Waals surface area contributed by atoms with Gasteiger partial charge in [0.1, 0.15) is 17.5 Å². The zero-order valence-corrected chi connectivity index (χ0v) is 21.3. The second-order valence-electron chi connectivity index (χ2n) is 9.54. The van der Waals surface area contributed by atoms with Crippen molar-refractivity contribution in [3.05, 3.63) is 66.6 Å². The van der Waals surface area contributed by atoms with E-state index in [9.17, 15) is 14.4 Å². The number of rotatable bonds is 8. The summed E-state index contributed by atoms with van der Waals surface area (Å²) in [6.07, 6.45) is 5.16. The Labute approximate surface area is 214 Å². The molecule has 0 aliphatic rings. The molecule has 0 spiro atoms. The van der Waals surface area contributed by atoms with Crippen LogP contribution >= 0.6 is 0 Å². The van der Waals surface area contributed by atoms with Crippen molar-refractivity contribution >= 4 is 35.1 Å². The summed E-state index contributed by atoms with van der Waals surface area (Å²) in [6, 6.07) is 11.9. The molecule has 0 aliphatic carbocycles. The van der Waals surface area contributed by atoms with Gasteiger partial charge in [0, 0.05) is 48.6 Å². The Bertz CT molecular complexity index is 1420. The van der Waals surface area contributed by atoms with Crippen LogP contribution in [0.1, 0.15) is 33.3 Å². The van der Waals surface area contributed by atoms with E-state index in [0.717, 1.165) is 22.0 Å². The van der Waals surface area contributed by atoms with Crippen molar-refractivity contribution in [1.82, 2.24) is 24.6 Å². The molecule has 0 saturated carbocycles. The van der Waals surface area contributed by atoms with E-state index in [2.05, 4.69) is 20.7 Å². The second-order valence-corrected chi connectivity index (χ2v) is 9.54. The number of aromatic nitrogens is 4. The normalized spacial score (nSPS) is 12.2. The van der Waals surface area contributed by atoms with Gasteiger partial charge in [-0.15, -0.1) is 0 Å². The summed E-state index contributed by atoms with van der Waals surface area (Å²) in [7, 11) is 0.